The van der Waals surface area contributed by atoms with Crippen LogP contribution < -0.4 is 19.7 Å². The normalized spacial score (nSPS) is 19.5. The van der Waals surface area contributed by atoms with E-state index in [4.69, 9.17) is 18.9 Å². The van der Waals surface area contributed by atoms with Gasteiger partial charge < -0.3 is 29.2 Å². The third-order valence-electron chi connectivity index (χ3n) is 5.58. The minimum absolute atomic E-state index is 0.159. The Kier molecular flexibility index (Phi) is 4.73. The number of benzene rings is 1. The summed E-state index contributed by atoms with van der Waals surface area (Å²) in [5, 5.41) is 2.94. The van der Waals surface area contributed by atoms with Crippen molar-refractivity contribution in [2.45, 2.75) is 25.2 Å². The first-order valence-electron chi connectivity index (χ1n) is 9.85. The smallest absolute Gasteiger partial charge is 0.253 e. The van der Waals surface area contributed by atoms with E-state index in [9.17, 15) is 4.79 Å². The highest BCUT2D eigenvalue weighted by Gasteiger charge is 2.39. The minimum Gasteiger partial charge on any atom is -0.454 e. The molecule has 3 aliphatic heterocycles. The monoisotopic (exact) mass is 397 g/mol. The maximum atomic E-state index is 12.6. The molecule has 0 saturated carbocycles. The second-order valence-corrected chi connectivity index (χ2v) is 7.40. The van der Waals surface area contributed by atoms with Gasteiger partial charge in [-0.1, -0.05) is 6.07 Å². The number of piperidine rings is 1. The van der Waals surface area contributed by atoms with Gasteiger partial charge in [-0.25, -0.2) is 0 Å². The third kappa shape index (κ3) is 3.73. The van der Waals surface area contributed by atoms with E-state index in [2.05, 4.69) is 15.2 Å². The number of fused-ring (bicyclic) bond motifs is 1. The van der Waals surface area contributed by atoms with Crippen LogP contribution in [-0.4, -0.2) is 49.8 Å². The topological polar surface area (TPSA) is 82.2 Å². The van der Waals surface area contributed by atoms with Crippen LogP contribution in [0.15, 0.2) is 36.7 Å². The molecule has 29 heavy (non-hydrogen) atoms. The number of anilines is 1. The Morgan fingerprint density at radius 1 is 1.07 bits per heavy atom. The first kappa shape index (κ1) is 18.2. The predicted molar refractivity (Wildman–Crippen MR) is 104 cm³/mol. The standard InChI is InChI=1S/C21H23N3O5/c25-20(23-11-15-1-2-18-19(9-15)27-14-26-18)16-10-17(13-22-12-16)24-5-3-21(4-6-24)28-7-8-29-21/h1-2,9-10,12-13H,3-8,11,14H2,(H,23,25). The maximum absolute atomic E-state index is 12.6. The third-order valence-corrected chi connectivity index (χ3v) is 5.58. The number of ether oxygens (including phenoxy) is 4. The van der Waals surface area contributed by atoms with Gasteiger partial charge in [-0.2, -0.15) is 0 Å². The van der Waals surface area contributed by atoms with Gasteiger partial charge in [-0.05, 0) is 23.8 Å². The second kappa shape index (κ2) is 7.53. The van der Waals surface area contributed by atoms with Crippen LogP contribution in [0.1, 0.15) is 28.8 Å². The van der Waals surface area contributed by atoms with Crippen LogP contribution >= 0.6 is 0 Å². The molecule has 5 rings (SSSR count). The van der Waals surface area contributed by atoms with E-state index in [0.29, 0.717) is 31.1 Å². The molecule has 8 nitrogen and oxygen atoms in total. The molecule has 1 spiro atoms. The van der Waals surface area contributed by atoms with Gasteiger partial charge in [-0.15, -0.1) is 0 Å². The molecule has 1 amide bonds. The van der Waals surface area contributed by atoms with Crippen molar-refractivity contribution in [3.63, 3.8) is 0 Å². The number of nitrogens with one attached hydrogen (secondary N) is 1. The van der Waals surface area contributed by atoms with Crippen LogP contribution in [-0.2, 0) is 16.0 Å². The summed E-state index contributed by atoms with van der Waals surface area (Å²) in [6, 6.07) is 7.54. The SMILES string of the molecule is O=C(NCc1ccc2c(c1)OCO2)c1cncc(N2CCC3(CC2)OCCO3)c1. The molecule has 8 heteroatoms. The number of rotatable bonds is 4. The van der Waals surface area contributed by atoms with E-state index >= 15 is 0 Å². The van der Waals surface area contributed by atoms with Crippen molar-refractivity contribution in [1.29, 1.82) is 0 Å². The summed E-state index contributed by atoms with van der Waals surface area (Å²) >= 11 is 0. The van der Waals surface area contributed by atoms with E-state index < -0.39 is 5.79 Å². The molecular formula is C21H23N3O5. The van der Waals surface area contributed by atoms with Gasteiger partial charge >= 0.3 is 0 Å². The Balaban J connectivity index is 1.21. The van der Waals surface area contributed by atoms with Gasteiger partial charge in [0, 0.05) is 38.7 Å². The number of carbonyl (C=O) groups excluding carboxylic acids is 1. The molecule has 1 N–H and O–H groups in total. The lowest BCUT2D eigenvalue weighted by Crippen LogP contribution is -2.45. The Labute approximate surface area is 168 Å². The Morgan fingerprint density at radius 3 is 2.69 bits per heavy atom. The number of hydrogen-bond acceptors (Lipinski definition) is 7. The van der Waals surface area contributed by atoms with Crippen LogP contribution in [0.4, 0.5) is 5.69 Å². The number of aromatic nitrogens is 1. The number of amides is 1. The van der Waals surface area contributed by atoms with Crippen molar-refractivity contribution >= 4 is 11.6 Å². The molecule has 0 bridgehead atoms. The van der Waals surface area contributed by atoms with Crippen LogP contribution in [0, 0.1) is 0 Å². The lowest BCUT2D eigenvalue weighted by Gasteiger charge is -2.38. The Bertz CT molecular complexity index is 903. The minimum atomic E-state index is -0.413. The number of pyridine rings is 1. The van der Waals surface area contributed by atoms with Crippen LogP contribution in [0.25, 0.3) is 0 Å². The van der Waals surface area contributed by atoms with Crippen molar-refractivity contribution in [3.8, 4) is 11.5 Å². The van der Waals surface area contributed by atoms with Crippen molar-refractivity contribution in [2.75, 3.05) is 38.0 Å². The molecule has 0 atom stereocenters. The lowest BCUT2D eigenvalue weighted by atomic mass is 10.0. The number of hydrogen-bond donors (Lipinski definition) is 1. The molecule has 4 heterocycles. The van der Waals surface area contributed by atoms with Crippen molar-refractivity contribution < 1.29 is 23.7 Å². The summed E-state index contributed by atoms with van der Waals surface area (Å²) in [5.41, 5.74) is 2.43. The molecule has 2 fully saturated rings. The number of carbonyl (C=O) groups is 1. The second-order valence-electron chi connectivity index (χ2n) is 7.40. The summed E-state index contributed by atoms with van der Waals surface area (Å²) in [5.74, 6) is 0.865. The van der Waals surface area contributed by atoms with Crippen LogP contribution in [0.3, 0.4) is 0 Å². The van der Waals surface area contributed by atoms with Gasteiger partial charge in [-0.3, -0.25) is 9.78 Å². The highest BCUT2D eigenvalue weighted by atomic mass is 16.7. The van der Waals surface area contributed by atoms with Gasteiger partial charge in [0.25, 0.3) is 5.91 Å². The average Bonchev–Trinajstić information content (AvgIpc) is 3.42. The molecule has 0 unspecified atom stereocenters. The van der Waals surface area contributed by atoms with E-state index in [1.807, 2.05) is 24.3 Å². The number of nitrogens with zero attached hydrogens (tertiary/aromatic N) is 2. The van der Waals surface area contributed by atoms with E-state index in [-0.39, 0.29) is 12.7 Å². The van der Waals surface area contributed by atoms with Crippen molar-refractivity contribution in [1.82, 2.24) is 10.3 Å². The Hall–Kier alpha value is -2.84. The molecule has 2 saturated heterocycles. The van der Waals surface area contributed by atoms with E-state index in [1.54, 1.807) is 12.4 Å². The van der Waals surface area contributed by atoms with Crippen molar-refractivity contribution in [2.24, 2.45) is 0 Å². The summed E-state index contributed by atoms with van der Waals surface area (Å²) in [7, 11) is 0. The van der Waals surface area contributed by atoms with Crippen LogP contribution in [0.5, 0.6) is 11.5 Å². The highest BCUT2D eigenvalue weighted by Crippen LogP contribution is 2.34. The largest absolute Gasteiger partial charge is 0.454 e. The molecule has 3 aliphatic rings. The molecule has 0 aliphatic carbocycles. The summed E-state index contributed by atoms with van der Waals surface area (Å²) in [6.45, 7) is 3.59. The molecule has 0 radical (unpaired) electrons. The first-order chi connectivity index (χ1) is 14.2. The van der Waals surface area contributed by atoms with Gasteiger partial charge in [0.1, 0.15) is 0 Å². The summed E-state index contributed by atoms with van der Waals surface area (Å²) in [4.78, 5) is 19.1. The maximum Gasteiger partial charge on any atom is 0.253 e. The molecular weight excluding hydrogens is 374 g/mol. The van der Waals surface area contributed by atoms with Gasteiger partial charge in [0.2, 0.25) is 6.79 Å². The zero-order chi connectivity index (χ0) is 19.7. The zero-order valence-electron chi connectivity index (χ0n) is 16.1. The molecule has 1 aromatic carbocycles. The zero-order valence-corrected chi connectivity index (χ0v) is 16.1. The highest BCUT2D eigenvalue weighted by molar-refractivity contribution is 5.94. The molecule has 2 aromatic rings. The average molecular weight is 397 g/mol. The first-order valence-corrected chi connectivity index (χ1v) is 9.85. The van der Waals surface area contributed by atoms with E-state index in [0.717, 1.165) is 42.9 Å². The quantitative estimate of drug-likeness (QED) is 0.846. The predicted octanol–water partition coefficient (Wildman–Crippen LogP) is 2.08. The van der Waals surface area contributed by atoms with Crippen molar-refractivity contribution in [3.05, 3.63) is 47.8 Å². The molecule has 1 aromatic heterocycles. The fourth-order valence-electron chi connectivity index (χ4n) is 3.95. The van der Waals surface area contributed by atoms with Crippen LogP contribution in [0.2, 0.25) is 0 Å². The molecule has 152 valence electrons. The van der Waals surface area contributed by atoms with Gasteiger partial charge in [0.15, 0.2) is 17.3 Å². The summed E-state index contributed by atoms with van der Waals surface area (Å²) in [6.07, 6.45) is 5.01. The van der Waals surface area contributed by atoms with E-state index in [1.165, 1.54) is 0 Å². The Morgan fingerprint density at radius 2 is 1.86 bits per heavy atom. The summed E-state index contributed by atoms with van der Waals surface area (Å²) < 4.78 is 22.3. The van der Waals surface area contributed by atoms with Gasteiger partial charge in [0.05, 0.1) is 30.7 Å². The fraction of sp³-hybridized carbons (Fsp3) is 0.429. The fourth-order valence-corrected chi connectivity index (χ4v) is 3.95. The lowest BCUT2D eigenvalue weighted by molar-refractivity contribution is -0.169.